The lowest BCUT2D eigenvalue weighted by Gasteiger charge is -2.19. The SMILES string of the molecule is CCOc1cc(C(=O)N(C)Cc2cnc(C(C)O)c3cn[nH]c23)ccc1-c1ccccc1. The number of fused-ring (bicyclic) bond motifs is 1. The van der Waals surface area contributed by atoms with Crippen molar-refractivity contribution < 1.29 is 14.6 Å². The number of benzene rings is 2. The molecule has 7 heteroatoms. The number of nitrogens with one attached hydrogen (secondary N) is 1. The molecule has 7 nitrogen and oxygen atoms in total. The molecule has 0 aliphatic carbocycles. The molecule has 0 saturated heterocycles. The second kappa shape index (κ2) is 9.20. The molecule has 1 atom stereocenters. The Morgan fingerprint density at radius 2 is 1.97 bits per heavy atom. The number of carbonyl (C=O) groups is 1. The summed E-state index contributed by atoms with van der Waals surface area (Å²) < 4.78 is 5.85. The van der Waals surface area contributed by atoms with Crippen molar-refractivity contribution in [3.8, 4) is 16.9 Å². The van der Waals surface area contributed by atoms with Crippen LogP contribution in [0.1, 0.15) is 41.6 Å². The first kappa shape index (κ1) is 21.5. The van der Waals surface area contributed by atoms with Gasteiger partial charge < -0.3 is 14.7 Å². The van der Waals surface area contributed by atoms with Crippen molar-refractivity contribution in [1.82, 2.24) is 20.1 Å². The van der Waals surface area contributed by atoms with E-state index in [0.717, 1.165) is 27.6 Å². The van der Waals surface area contributed by atoms with Crippen LogP contribution in [0.4, 0.5) is 0 Å². The van der Waals surface area contributed by atoms with Crippen LogP contribution in [-0.4, -0.2) is 44.7 Å². The number of aromatic nitrogens is 3. The van der Waals surface area contributed by atoms with Crippen LogP contribution in [0.3, 0.4) is 0 Å². The zero-order valence-electron chi connectivity index (χ0n) is 18.4. The number of amides is 1. The molecular formula is C25H26N4O3. The molecule has 0 spiro atoms. The summed E-state index contributed by atoms with van der Waals surface area (Å²) in [6.45, 7) is 4.44. The van der Waals surface area contributed by atoms with Gasteiger partial charge in [0, 0.05) is 41.9 Å². The van der Waals surface area contributed by atoms with Crippen LogP contribution in [-0.2, 0) is 6.54 Å². The highest BCUT2D eigenvalue weighted by atomic mass is 16.5. The number of hydrogen-bond acceptors (Lipinski definition) is 5. The molecule has 2 heterocycles. The molecule has 164 valence electrons. The Hall–Kier alpha value is -3.71. The lowest BCUT2D eigenvalue weighted by Crippen LogP contribution is -2.26. The highest BCUT2D eigenvalue weighted by Crippen LogP contribution is 2.31. The molecule has 4 aromatic rings. The lowest BCUT2D eigenvalue weighted by atomic mass is 10.0. The molecule has 0 fully saturated rings. The predicted octanol–water partition coefficient (Wildman–Crippen LogP) is 4.35. The molecule has 0 bridgehead atoms. The van der Waals surface area contributed by atoms with Crippen molar-refractivity contribution >= 4 is 16.8 Å². The summed E-state index contributed by atoms with van der Waals surface area (Å²) in [7, 11) is 1.75. The Balaban J connectivity index is 1.61. The quantitative estimate of drug-likeness (QED) is 0.455. The minimum atomic E-state index is -0.705. The maximum absolute atomic E-state index is 13.2. The fourth-order valence-electron chi connectivity index (χ4n) is 3.79. The van der Waals surface area contributed by atoms with Gasteiger partial charge in [-0.1, -0.05) is 30.3 Å². The minimum Gasteiger partial charge on any atom is -0.493 e. The average molecular weight is 431 g/mol. The fourth-order valence-corrected chi connectivity index (χ4v) is 3.79. The summed E-state index contributed by atoms with van der Waals surface area (Å²) in [6, 6.07) is 15.5. The first-order valence-corrected chi connectivity index (χ1v) is 10.6. The van der Waals surface area contributed by atoms with Gasteiger partial charge in [-0.25, -0.2) is 0 Å². The minimum absolute atomic E-state index is 0.127. The van der Waals surface area contributed by atoms with Gasteiger partial charge in [-0.05, 0) is 37.6 Å². The van der Waals surface area contributed by atoms with Gasteiger partial charge in [-0.15, -0.1) is 0 Å². The monoisotopic (exact) mass is 430 g/mol. The Labute approximate surface area is 186 Å². The molecule has 2 N–H and O–H groups in total. The largest absolute Gasteiger partial charge is 0.493 e. The summed E-state index contributed by atoms with van der Waals surface area (Å²) in [5, 5.41) is 17.7. The van der Waals surface area contributed by atoms with Crippen molar-refractivity contribution in [3.05, 3.63) is 77.7 Å². The molecule has 2 aromatic heterocycles. The number of rotatable bonds is 7. The maximum Gasteiger partial charge on any atom is 0.254 e. The van der Waals surface area contributed by atoms with E-state index in [1.54, 1.807) is 37.3 Å². The molecule has 0 aliphatic heterocycles. The second-order valence-corrected chi connectivity index (χ2v) is 7.67. The van der Waals surface area contributed by atoms with E-state index in [4.69, 9.17) is 4.74 Å². The number of aromatic amines is 1. The smallest absolute Gasteiger partial charge is 0.254 e. The highest BCUT2D eigenvalue weighted by molar-refractivity contribution is 5.96. The van der Waals surface area contributed by atoms with Gasteiger partial charge in [0.1, 0.15) is 5.75 Å². The van der Waals surface area contributed by atoms with Crippen molar-refractivity contribution in [2.45, 2.75) is 26.5 Å². The molecule has 1 unspecified atom stereocenters. The number of pyridine rings is 1. The van der Waals surface area contributed by atoms with Crippen LogP contribution in [0, 0.1) is 0 Å². The number of ether oxygens (including phenoxy) is 1. The predicted molar refractivity (Wildman–Crippen MR) is 123 cm³/mol. The van der Waals surface area contributed by atoms with E-state index in [-0.39, 0.29) is 5.91 Å². The normalized spacial score (nSPS) is 12.0. The van der Waals surface area contributed by atoms with Crippen LogP contribution >= 0.6 is 0 Å². The van der Waals surface area contributed by atoms with Crippen LogP contribution in [0.2, 0.25) is 0 Å². The second-order valence-electron chi connectivity index (χ2n) is 7.67. The van der Waals surface area contributed by atoms with Crippen LogP contribution < -0.4 is 4.74 Å². The number of aliphatic hydroxyl groups is 1. The zero-order valence-corrected chi connectivity index (χ0v) is 18.4. The van der Waals surface area contributed by atoms with Gasteiger partial charge in [0.2, 0.25) is 0 Å². The van der Waals surface area contributed by atoms with Crippen LogP contribution in [0.25, 0.3) is 22.0 Å². The Morgan fingerprint density at radius 1 is 1.19 bits per heavy atom. The maximum atomic E-state index is 13.2. The van der Waals surface area contributed by atoms with E-state index in [1.807, 2.05) is 49.4 Å². The topological polar surface area (TPSA) is 91.3 Å². The van der Waals surface area contributed by atoms with Gasteiger partial charge in [0.05, 0.1) is 30.1 Å². The molecule has 0 radical (unpaired) electrons. The van der Waals surface area contributed by atoms with E-state index in [1.165, 1.54) is 0 Å². The van der Waals surface area contributed by atoms with Gasteiger partial charge in [-0.3, -0.25) is 14.9 Å². The first-order chi connectivity index (χ1) is 15.5. The number of carbonyl (C=O) groups excluding carboxylic acids is 1. The molecule has 1 amide bonds. The Kier molecular flexibility index (Phi) is 6.18. The van der Waals surface area contributed by atoms with Crippen molar-refractivity contribution in [2.24, 2.45) is 0 Å². The van der Waals surface area contributed by atoms with Crippen molar-refractivity contribution in [2.75, 3.05) is 13.7 Å². The van der Waals surface area contributed by atoms with Crippen LogP contribution in [0.15, 0.2) is 60.9 Å². The number of H-pyrrole nitrogens is 1. The van der Waals surface area contributed by atoms with E-state index in [9.17, 15) is 9.90 Å². The van der Waals surface area contributed by atoms with Gasteiger partial charge >= 0.3 is 0 Å². The third-order valence-electron chi connectivity index (χ3n) is 5.36. The molecule has 4 rings (SSSR count). The summed E-state index contributed by atoms with van der Waals surface area (Å²) in [5.41, 5.74) is 4.68. The first-order valence-electron chi connectivity index (χ1n) is 10.6. The van der Waals surface area contributed by atoms with E-state index in [2.05, 4.69) is 15.2 Å². The average Bonchev–Trinajstić information content (AvgIpc) is 3.29. The highest BCUT2D eigenvalue weighted by Gasteiger charge is 2.19. The van der Waals surface area contributed by atoms with E-state index in [0.29, 0.717) is 30.2 Å². The summed E-state index contributed by atoms with van der Waals surface area (Å²) in [6.07, 6.45) is 2.62. The van der Waals surface area contributed by atoms with E-state index < -0.39 is 6.10 Å². The molecule has 0 aliphatic rings. The van der Waals surface area contributed by atoms with E-state index >= 15 is 0 Å². The van der Waals surface area contributed by atoms with Crippen LogP contribution in [0.5, 0.6) is 5.75 Å². The standard InChI is InChI=1S/C25H26N4O3/c1-4-32-22-12-18(10-11-20(22)17-8-6-5-7-9-17)25(31)29(3)15-19-13-26-23(16(2)30)21-14-27-28-24(19)21/h5-14,16,30H,4,15H2,1-3H3,(H,27,28). The Bertz CT molecular complexity index is 1230. The fraction of sp³-hybridized carbons (Fsp3) is 0.240. The molecule has 0 saturated carbocycles. The lowest BCUT2D eigenvalue weighted by molar-refractivity contribution is 0.0785. The van der Waals surface area contributed by atoms with Crippen molar-refractivity contribution in [3.63, 3.8) is 0 Å². The van der Waals surface area contributed by atoms with Crippen molar-refractivity contribution in [1.29, 1.82) is 0 Å². The third-order valence-corrected chi connectivity index (χ3v) is 5.36. The number of nitrogens with zero attached hydrogens (tertiary/aromatic N) is 3. The molecular weight excluding hydrogens is 404 g/mol. The Morgan fingerprint density at radius 3 is 2.69 bits per heavy atom. The summed E-state index contributed by atoms with van der Waals surface area (Å²) >= 11 is 0. The summed E-state index contributed by atoms with van der Waals surface area (Å²) in [4.78, 5) is 19.2. The van der Waals surface area contributed by atoms with Gasteiger partial charge in [0.25, 0.3) is 5.91 Å². The number of aliphatic hydroxyl groups excluding tert-OH is 1. The zero-order chi connectivity index (χ0) is 22.7. The summed E-state index contributed by atoms with van der Waals surface area (Å²) in [5.74, 6) is 0.551. The van der Waals surface area contributed by atoms with Gasteiger partial charge in [-0.2, -0.15) is 5.10 Å². The third kappa shape index (κ3) is 4.20. The van der Waals surface area contributed by atoms with Gasteiger partial charge in [0.15, 0.2) is 0 Å². The number of hydrogen-bond donors (Lipinski definition) is 2. The molecule has 2 aromatic carbocycles. The molecule has 32 heavy (non-hydrogen) atoms.